The Kier molecular flexibility index (Phi) is 5.43. The molecular weight excluding hydrogens is 422 g/mol. The number of carbonyl (C=O) groups is 3. The van der Waals surface area contributed by atoms with Gasteiger partial charge in [-0.05, 0) is 59.8 Å². The second-order valence-corrected chi connectivity index (χ2v) is 7.09. The molecule has 0 spiro atoms. The van der Waals surface area contributed by atoms with E-state index in [0.717, 1.165) is 16.2 Å². The minimum absolute atomic E-state index is 0.252. The van der Waals surface area contributed by atoms with Crippen LogP contribution >= 0.6 is 27.7 Å². The molecule has 1 heterocycles. The first-order valence-corrected chi connectivity index (χ1v) is 8.98. The van der Waals surface area contributed by atoms with Gasteiger partial charge >= 0.3 is 5.97 Å². The number of carbonyl (C=O) groups excluding carboxylic acids is 3. The highest BCUT2D eigenvalue weighted by Gasteiger charge is 2.25. The normalized spacial score (nSPS) is 15.1. The lowest BCUT2D eigenvalue weighted by atomic mass is 10.2. The van der Waals surface area contributed by atoms with Crippen molar-refractivity contribution in [3.8, 4) is 11.5 Å². The number of methoxy groups -OCH3 is 1. The number of rotatable bonds is 4. The third-order valence-electron chi connectivity index (χ3n) is 3.41. The number of benzene rings is 2. The van der Waals surface area contributed by atoms with Crippen LogP contribution in [0, 0.1) is 0 Å². The van der Waals surface area contributed by atoms with Crippen LogP contribution in [-0.4, -0.2) is 24.2 Å². The number of esters is 1. The second kappa shape index (κ2) is 7.76. The van der Waals surface area contributed by atoms with Crippen molar-refractivity contribution in [3.05, 3.63) is 63.0 Å². The minimum Gasteiger partial charge on any atom is -0.493 e. The molecule has 0 radical (unpaired) electrons. The number of hydrogen-bond donors (Lipinski definition) is 1. The molecule has 0 atom stereocenters. The van der Waals surface area contributed by atoms with Gasteiger partial charge in [0.25, 0.3) is 11.1 Å². The van der Waals surface area contributed by atoms with Crippen LogP contribution in [-0.2, 0) is 4.79 Å². The van der Waals surface area contributed by atoms with Gasteiger partial charge in [-0.3, -0.25) is 14.9 Å². The average molecular weight is 434 g/mol. The molecule has 2 aromatic rings. The number of thioether (sulfide) groups is 1. The van der Waals surface area contributed by atoms with Gasteiger partial charge in [0.15, 0.2) is 11.5 Å². The summed E-state index contributed by atoms with van der Waals surface area (Å²) in [5.41, 5.74) is 1.04. The minimum atomic E-state index is -0.516. The van der Waals surface area contributed by atoms with E-state index >= 15 is 0 Å². The molecule has 2 amide bonds. The molecular formula is C18H12BrNO5S. The van der Waals surface area contributed by atoms with Gasteiger partial charge in [-0.1, -0.05) is 22.0 Å². The summed E-state index contributed by atoms with van der Waals surface area (Å²) in [5.74, 6) is -0.371. The van der Waals surface area contributed by atoms with E-state index in [1.165, 1.54) is 7.11 Å². The average Bonchev–Trinajstić information content (AvgIpc) is 2.93. The molecule has 0 unspecified atom stereocenters. The maximum absolute atomic E-state index is 12.2. The Morgan fingerprint density at radius 2 is 1.85 bits per heavy atom. The molecule has 1 fully saturated rings. The van der Waals surface area contributed by atoms with Crippen LogP contribution < -0.4 is 14.8 Å². The lowest BCUT2D eigenvalue weighted by molar-refractivity contribution is -0.115. The van der Waals surface area contributed by atoms with E-state index in [1.54, 1.807) is 48.5 Å². The molecule has 0 aliphatic carbocycles. The third-order valence-corrected chi connectivity index (χ3v) is 4.75. The van der Waals surface area contributed by atoms with Crippen LogP contribution in [0.2, 0.25) is 0 Å². The summed E-state index contributed by atoms with van der Waals surface area (Å²) in [6, 6.07) is 11.6. The van der Waals surface area contributed by atoms with Crippen LogP contribution in [0.25, 0.3) is 6.08 Å². The molecule has 3 rings (SSSR count). The van der Waals surface area contributed by atoms with Crippen LogP contribution in [0.15, 0.2) is 51.8 Å². The highest BCUT2D eigenvalue weighted by molar-refractivity contribution is 9.10. The van der Waals surface area contributed by atoms with Crippen molar-refractivity contribution in [2.45, 2.75) is 0 Å². The molecule has 0 saturated carbocycles. The molecule has 2 aromatic carbocycles. The Morgan fingerprint density at radius 1 is 1.12 bits per heavy atom. The Balaban J connectivity index is 1.82. The predicted molar refractivity (Wildman–Crippen MR) is 101 cm³/mol. The summed E-state index contributed by atoms with van der Waals surface area (Å²) in [5, 5.41) is 1.78. The zero-order valence-electron chi connectivity index (χ0n) is 13.4. The number of nitrogens with one attached hydrogen (secondary N) is 1. The van der Waals surface area contributed by atoms with Gasteiger partial charge < -0.3 is 9.47 Å². The summed E-state index contributed by atoms with van der Waals surface area (Å²) >= 11 is 4.13. The Bertz CT molecular complexity index is 924. The van der Waals surface area contributed by atoms with Crippen molar-refractivity contribution < 1.29 is 23.9 Å². The molecule has 26 heavy (non-hydrogen) atoms. The summed E-state index contributed by atoms with van der Waals surface area (Å²) < 4.78 is 11.5. The maximum atomic E-state index is 12.2. The zero-order valence-corrected chi connectivity index (χ0v) is 15.8. The van der Waals surface area contributed by atoms with Crippen LogP contribution in [0.3, 0.4) is 0 Å². The molecule has 0 bridgehead atoms. The molecule has 1 N–H and O–H groups in total. The van der Waals surface area contributed by atoms with Crippen molar-refractivity contribution in [1.29, 1.82) is 0 Å². The SMILES string of the molecule is COc1cc(/C=C2/SC(=O)NC2=O)ccc1OC(=O)c1ccc(Br)cc1. The van der Waals surface area contributed by atoms with Gasteiger partial charge in [0.1, 0.15) is 0 Å². The number of imide groups is 1. The number of hydrogen-bond acceptors (Lipinski definition) is 6. The molecule has 1 saturated heterocycles. The van der Waals surface area contributed by atoms with Crippen LogP contribution in [0.1, 0.15) is 15.9 Å². The smallest absolute Gasteiger partial charge is 0.343 e. The largest absolute Gasteiger partial charge is 0.493 e. The fourth-order valence-electron chi connectivity index (χ4n) is 2.18. The third kappa shape index (κ3) is 4.14. The van der Waals surface area contributed by atoms with E-state index in [2.05, 4.69) is 21.2 Å². The van der Waals surface area contributed by atoms with Crippen molar-refractivity contribution in [2.75, 3.05) is 7.11 Å². The predicted octanol–water partition coefficient (Wildman–Crippen LogP) is 4.00. The van der Waals surface area contributed by atoms with Gasteiger partial charge in [-0.15, -0.1) is 0 Å². The second-order valence-electron chi connectivity index (χ2n) is 5.16. The van der Waals surface area contributed by atoms with Gasteiger partial charge in [0.05, 0.1) is 17.6 Å². The summed E-state index contributed by atoms with van der Waals surface area (Å²) in [6.45, 7) is 0. The van der Waals surface area contributed by atoms with Crippen molar-refractivity contribution >= 4 is 50.9 Å². The topological polar surface area (TPSA) is 81.7 Å². The van der Waals surface area contributed by atoms with E-state index in [1.807, 2.05) is 0 Å². The summed E-state index contributed by atoms with van der Waals surface area (Å²) in [7, 11) is 1.45. The van der Waals surface area contributed by atoms with Crippen molar-refractivity contribution in [2.24, 2.45) is 0 Å². The van der Waals surface area contributed by atoms with Gasteiger partial charge in [0, 0.05) is 4.47 Å². The molecule has 8 heteroatoms. The van der Waals surface area contributed by atoms with E-state index in [0.29, 0.717) is 16.9 Å². The number of halogens is 1. The lowest BCUT2D eigenvalue weighted by Gasteiger charge is -2.10. The van der Waals surface area contributed by atoms with E-state index in [-0.39, 0.29) is 10.7 Å². The van der Waals surface area contributed by atoms with E-state index < -0.39 is 17.1 Å². The van der Waals surface area contributed by atoms with Crippen molar-refractivity contribution in [3.63, 3.8) is 0 Å². The first kappa shape index (κ1) is 18.2. The first-order chi connectivity index (χ1) is 12.5. The molecule has 132 valence electrons. The number of ether oxygens (including phenoxy) is 2. The summed E-state index contributed by atoms with van der Waals surface area (Å²) in [4.78, 5) is 35.4. The molecule has 1 aliphatic rings. The summed E-state index contributed by atoms with van der Waals surface area (Å²) in [6.07, 6.45) is 1.56. The lowest BCUT2D eigenvalue weighted by Crippen LogP contribution is -2.17. The molecule has 1 aliphatic heterocycles. The maximum Gasteiger partial charge on any atom is 0.343 e. The van der Waals surface area contributed by atoms with Gasteiger partial charge in [0.2, 0.25) is 0 Å². The molecule has 0 aromatic heterocycles. The quantitative estimate of drug-likeness (QED) is 0.445. The standard InChI is InChI=1S/C18H12BrNO5S/c1-24-14-8-10(9-15-16(21)20-18(23)26-15)2-7-13(14)25-17(22)11-3-5-12(19)6-4-11/h2-9H,1H3,(H,20,21,23)/b15-9+. The monoisotopic (exact) mass is 433 g/mol. The van der Waals surface area contributed by atoms with Crippen molar-refractivity contribution in [1.82, 2.24) is 5.32 Å². The molecule has 6 nitrogen and oxygen atoms in total. The number of amides is 2. The van der Waals surface area contributed by atoms with Crippen LogP contribution in [0.5, 0.6) is 11.5 Å². The Morgan fingerprint density at radius 3 is 2.46 bits per heavy atom. The Labute approximate surface area is 161 Å². The van der Waals surface area contributed by atoms with Gasteiger partial charge in [-0.2, -0.15) is 0 Å². The highest BCUT2D eigenvalue weighted by atomic mass is 79.9. The van der Waals surface area contributed by atoms with Gasteiger partial charge in [-0.25, -0.2) is 4.79 Å². The fourth-order valence-corrected chi connectivity index (χ4v) is 3.12. The Hall–Kier alpha value is -2.58. The zero-order chi connectivity index (χ0) is 18.7. The highest BCUT2D eigenvalue weighted by Crippen LogP contribution is 2.32. The van der Waals surface area contributed by atoms with E-state index in [9.17, 15) is 14.4 Å². The fraction of sp³-hybridized carbons (Fsp3) is 0.0556. The van der Waals surface area contributed by atoms with Crippen LogP contribution in [0.4, 0.5) is 4.79 Å². The first-order valence-electron chi connectivity index (χ1n) is 7.37. The van der Waals surface area contributed by atoms with E-state index in [4.69, 9.17) is 9.47 Å².